The molecule has 1 saturated heterocycles. The number of hydrogen-bond donors (Lipinski definition) is 0. The number of aryl methyl sites for hydroxylation is 1. The van der Waals surface area contributed by atoms with Gasteiger partial charge in [-0.1, -0.05) is 42.0 Å². The Kier molecular flexibility index (Phi) is 3.34. The highest BCUT2D eigenvalue weighted by Crippen LogP contribution is 2.52. The van der Waals surface area contributed by atoms with Gasteiger partial charge in [0.1, 0.15) is 0 Å². The first-order valence-corrected chi connectivity index (χ1v) is 8.67. The normalized spacial score (nSPS) is 29.0. The molecule has 4 heteroatoms. The summed E-state index contributed by atoms with van der Waals surface area (Å²) >= 11 is 0. The first kappa shape index (κ1) is 14.5. The number of hydrogen-bond acceptors (Lipinski definition) is 2. The molecule has 0 radical (unpaired) electrons. The van der Waals surface area contributed by atoms with E-state index in [0.717, 1.165) is 16.7 Å². The second-order valence-corrected chi connectivity index (χ2v) is 8.24. The maximum atomic E-state index is 12.7. The Bertz CT molecular complexity index is 703. The number of allylic oxidation sites excluding steroid dienone is 1. The Labute approximate surface area is 127 Å². The van der Waals surface area contributed by atoms with E-state index in [2.05, 4.69) is 13.2 Å². The summed E-state index contributed by atoms with van der Waals surface area (Å²) in [6, 6.07) is 7.06. The predicted molar refractivity (Wildman–Crippen MR) is 84.4 cm³/mol. The minimum Gasteiger partial charge on any atom is -0.207 e. The smallest absolute Gasteiger partial charge is 0.207 e. The van der Waals surface area contributed by atoms with Crippen molar-refractivity contribution >= 4 is 10.0 Å². The van der Waals surface area contributed by atoms with Gasteiger partial charge in [0.2, 0.25) is 10.0 Å². The van der Waals surface area contributed by atoms with E-state index in [4.69, 9.17) is 0 Å². The molecule has 0 amide bonds. The summed E-state index contributed by atoms with van der Waals surface area (Å²) in [5, 5.41) is 0. The van der Waals surface area contributed by atoms with Crippen molar-refractivity contribution < 1.29 is 8.42 Å². The highest BCUT2D eigenvalue weighted by molar-refractivity contribution is 7.89. The topological polar surface area (TPSA) is 37.4 Å². The monoisotopic (exact) mass is 303 g/mol. The minimum atomic E-state index is -3.39. The molecule has 1 heterocycles. The fraction of sp³-hybridized carbons (Fsp3) is 0.412. The maximum Gasteiger partial charge on any atom is 0.243 e. The van der Waals surface area contributed by atoms with Gasteiger partial charge in [-0.05, 0) is 37.8 Å². The van der Waals surface area contributed by atoms with Gasteiger partial charge in [-0.2, -0.15) is 4.31 Å². The van der Waals surface area contributed by atoms with Crippen molar-refractivity contribution in [3.8, 4) is 0 Å². The molecule has 112 valence electrons. The average molecular weight is 303 g/mol. The molecule has 0 bridgehead atoms. The summed E-state index contributed by atoms with van der Waals surface area (Å²) in [5.41, 5.74) is 3.30. The Morgan fingerprint density at radius 3 is 2.43 bits per heavy atom. The lowest BCUT2D eigenvalue weighted by Crippen LogP contribution is -2.38. The van der Waals surface area contributed by atoms with E-state index in [1.807, 2.05) is 26.0 Å². The number of rotatable bonds is 3. The third-order valence-electron chi connectivity index (χ3n) is 4.83. The van der Waals surface area contributed by atoms with Crippen molar-refractivity contribution in [3.63, 3.8) is 0 Å². The summed E-state index contributed by atoms with van der Waals surface area (Å²) < 4.78 is 27.1. The molecule has 1 saturated carbocycles. The molecule has 2 fully saturated rings. The predicted octanol–water partition coefficient (Wildman–Crippen LogP) is 2.99. The third-order valence-corrected chi connectivity index (χ3v) is 6.67. The van der Waals surface area contributed by atoms with Crippen molar-refractivity contribution in [2.24, 2.45) is 17.8 Å². The van der Waals surface area contributed by atoms with Crippen LogP contribution in [0.2, 0.25) is 0 Å². The number of sulfonamides is 1. The standard InChI is InChI=1S/C17H21NO2S/c1-11(2)17-13(4)15-9-18(10-16(15)17)21(19,20)14-7-5-12(3)6-8-14/h5-8,15-17H,1,4,9-10H2,2-3H3/t15-,16-,17-/m0/s1. The third kappa shape index (κ3) is 2.17. The van der Waals surface area contributed by atoms with E-state index in [1.165, 1.54) is 0 Å². The van der Waals surface area contributed by atoms with E-state index in [0.29, 0.717) is 29.8 Å². The Morgan fingerprint density at radius 1 is 1.24 bits per heavy atom. The molecule has 0 aromatic heterocycles. The number of nitrogens with zero attached hydrogens (tertiary/aromatic N) is 1. The van der Waals surface area contributed by atoms with Gasteiger partial charge in [0, 0.05) is 19.0 Å². The second kappa shape index (κ2) is 4.82. The SMILES string of the molecule is C=C(C)[C@H]1C(=C)[C@@H]2CN(S(=O)(=O)c3ccc(C)cc3)C[C@H]12. The molecule has 1 aliphatic carbocycles. The molecule has 1 aromatic carbocycles. The zero-order valence-electron chi connectivity index (χ0n) is 12.5. The van der Waals surface area contributed by atoms with Crippen molar-refractivity contribution in [1.29, 1.82) is 0 Å². The van der Waals surface area contributed by atoms with Crippen LogP contribution in [0.3, 0.4) is 0 Å². The van der Waals surface area contributed by atoms with Crippen LogP contribution in [0, 0.1) is 24.7 Å². The van der Waals surface area contributed by atoms with Gasteiger partial charge in [0.25, 0.3) is 0 Å². The van der Waals surface area contributed by atoms with E-state index < -0.39 is 10.0 Å². The van der Waals surface area contributed by atoms with Crippen molar-refractivity contribution in [3.05, 3.63) is 54.1 Å². The molecule has 21 heavy (non-hydrogen) atoms. The van der Waals surface area contributed by atoms with Crippen LogP contribution in [0.25, 0.3) is 0 Å². The lowest BCUT2D eigenvalue weighted by atomic mass is 9.61. The first-order chi connectivity index (χ1) is 9.82. The summed E-state index contributed by atoms with van der Waals surface area (Å²) in [6.07, 6.45) is 0. The quantitative estimate of drug-likeness (QED) is 0.805. The molecule has 0 spiro atoms. The van der Waals surface area contributed by atoms with Crippen LogP contribution in [-0.4, -0.2) is 25.8 Å². The summed E-state index contributed by atoms with van der Waals surface area (Å²) in [4.78, 5) is 0.381. The van der Waals surface area contributed by atoms with Gasteiger partial charge in [-0.3, -0.25) is 0 Å². The molecular formula is C17H21NO2S. The average Bonchev–Trinajstić information content (AvgIpc) is 2.79. The van der Waals surface area contributed by atoms with Crippen LogP contribution in [0.15, 0.2) is 53.5 Å². The zero-order valence-corrected chi connectivity index (χ0v) is 13.4. The zero-order chi connectivity index (χ0) is 15.4. The first-order valence-electron chi connectivity index (χ1n) is 7.23. The number of fused-ring (bicyclic) bond motifs is 1. The van der Waals surface area contributed by atoms with Crippen LogP contribution in [0.5, 0.6) is 0 Å². The van der Waals surface area contributed by atoms with Gasteiger partial charge in [-0.25, -0.2) is 8.42 Å². The summed E-state index contributed by atoms with van der Waals surface area (Å²) in [7, 11) is -3.39. The lowest BCUT2D eigenvalue weighted by molar-refractivity contribution is 0.265. The summed E-state index contributed by atoms with van der Waals surface area (Å²) in [6.45, 7) is 13.2. The fourth-order valence-electron chi connectivity index (χ4n) is 3.65. The van der Waals surface area contributed by atoms with Crippen LogP contribution in [-0.2, 0) is 10.0 Å². The molecule has 2 aliphatic rings. The Balaban J connectivity index is 1.85. The van der Waals surface area contributed by atoms with E-state index in [-0.39, 0.29) is 5.92 Å². The summed E-state index contributed by atoms with van der Waals surface area (Å²) in [5.74, 6) is 0.940. The van der Waals surface area contributed by atoms with E-state index >= 15 is 0 Å². The maximum absolute atomic E-state index is 12.7. The second-order valence-electron chi connectivity index (χ2n) is 6.30. The van der Waals surface area contributed by atoms with Gasteiger partial charge >= 0.3 is 0 Å². The largest absolute Gasteiger partial charge is 0.243 e. The Morgan fingerprint density at radius 2 is 1.86 bits per heavy atom. The van der Waals surface area contributed by atoms with Gasteiger partial charge < -0.3 is 0 Å². The van der Waals surface area contributed by atoms with Crippen LogP contribution in [0.1, 0.15) is 12.5 Å². The Hall–Kier alpha value is -1.39. The molecule has 3 nitrogen and oxygen atoms in total. The van der Waals surface area contributed by atoms with Gasteiger partial charge in [0.05, 0.1) is 4.90 Å². The van der Waals surface area contributed by atoms with E-state index in [9.17, 15) is 8.42 Å². The molecule has 0 unspecified atom stereocenters. The highest BCUT2D eigenvalue weighted by Gasteiger charge is 2.52. The lowest BCUT2D eigenvalue weighted by Gasteiger charge is -2.42. The number of benzene rings is 1. The molecule has 1 aromatic rings. The fourth-order valence-corrected chi connectivity index (χ4v) is 5.15. The van der Waals surface area contributed by atoms with Crippen molar-refractivity contribution in [2.75, 3.05) is 13.1 Å². The highest BCUT2D eigenvalue weighted by atomic mass is 32.2. The van der Waals surface area contributed by atoms with Gasteiger partial charge in [-0.15, -0.1) is 0 Å². The van der Waals surface area contributed by atoms with Gasteiger partial charge in [0.15, 0.2) is 0 Å². The van der Waals surface area contributed by atoms with Crippen LogP contribution >= 0.6 is 0 Å². The van der Waals surface area contributed by atoms with Crippen LogP contribution in [0.4, 0.5) is 0 Å². The molecule has 3 atom stereocenters. The minimum absolute atomic E-state index is 0.285. The molecule has 1 aliphatic heterocycles. The van der Waals surface area contributed by atoms with Crippen LogP contribution < -0.4 is 0 Å². The van der Waals surface area contributed by atoms with E-state index in [1.54, 1.807) is 16.4 Å². The molecule has 0 N–H and O–H groups in total. The van der Waals surface area contributed by atoms with Crippen molar-refractivity contribution in [2.45, 2.75) is 18.7 Å². The van der Waals surface area contributed by atoms with Crippen molar-refractivity contribution in [1.82, 2.24) is 4.31 Å². The molecular weight excluding hydrogens is 282 g/mol. The molecule has 3 rings (SSSR count).